The first-order chi connectivity index (χ1) is 9.08. The minimum Gasteiger partial charge on any atom is -0.481 e. The van der Waals surface area contributed by atoms with E-state index in [9.17, 15) is 4.79 Å². The van der Waals surface area contributed by atoms with Gasteiger partial charge in [-0.15, -0.1) is 0 Å². The maximum atomic E-state index is 11.1. The minimum absolute atomic E-state index is 0.101. The molecule has 1 aromatic carbocycles. The molecule has 1 aliphatic heterocycles. The van der Waals surface area contributed by atoms with Crippen LogP contribution in [0.5, 0.6) is 0 Å². The molecule has 0 saturated carbocycles. The van der Waals surface area contributed by atoms with Crippen LogP contribution in [0.15, 0.2) is 12.1 Å². The fraction of sp³-hybridized carbons (Fsp3) is 0.400. The van der Waals surface area contributed by atoms with E-state index in [1.807, 2.05) is 0 Å². The first-order valence-electron chi connectivity index (χ1n) is 6.61. The van der Waals surface area contributed by atoms with Crippen LogP contribution in [0, 0.1) is 13.8 Å². The van der Waals surface area contributed by atoms with E-state index in [2.05, 4.69) is 35.9 Å². The van der Waals surface area contributed by atoms with Crippen LogP contribution in [0.25, 0.3) is 10.9 Å². The topological polar surface area (TPSA) is 54.3 Å². The maximum absolute atomic E-state index is 11.1. The Balaban J connectivity index is 2.35. The molecule has 0 amide bonds. The molecule has 4 nitrogen and oxygen atoms in total. The molecular weight excluding hydrogens is 240 g/mol. The lowest BCUT2D eigenvalue weighted by molar-refractivity contribution is -0.136. The first-order valence-corrected chi connectivity index (χ1v) is 6.61. The van der Waals surface area contributed by atoms with Crippen LogP contribution in [0.2, 0.25) is 0 Å². The Labute approximate surface area is 112 Å². The molecule has 2 N–H and O–H groups in total. The van der Waals surface area contributed by atoms with Crippen LogP contribution in [0.4, 0.5) is 0 Å². The molecule has 0 atom stereocenters. The van der Waals surface area contributed by atoms with Gasteiger partial charge in [-0.1, -0.05) is 11.6 Å². The van der Waals surface area contributed by atoms with E-state index in [4.69, 9.17) is 5.11 Å². The van der Waals surface area contributed by atoms with Gasteiger partial charge in [0.05, 0.1) is 11.9 Å². The molecule has 4 heteroatoms. The maximum Gasteiger partial charge on any atom is 0.307 e. The molecule has 1 aromatic heterocycles. The van der Waals surface area contributed by atoms with Gasteiger partial charge in [-0.2, -0.15) is 0 Å². The van der Waals surface area contributed by atoms with Crippen molar-refractivity contribution in [3.63, 3.8) is 0 Å². The third kappa shape index (κ3) is 1.92. The van der Waals surface area contributed by atoms with Crippen molar-refractivity contribution in [2.75, 3.05) is 6.54 Å². The zero-order valence-corrected chi connectivity index (χ0v) is 11.3. The molecule has 0 radical (unpaired) electrons. The summed E-state index contributed by atoms with van der Waals surface area (Å²) in [7, 11) is 0. The predicted octanol–water partition coefficient (Wildman–Crippen LogP) is 1.99. The summed E-state index contributed by atoms with van der Waals surface area (Å²) in [4.78, 5) is 11.1. The zero-order chi connectivity index (χ0) is 13.6. The molecule has 0 unspecified atom stereocenters. The van der Waals surface area contributed by atoms with Crippen molar-refractivity contribution in [2.45, 2.75) is 33.4 Å². The molecule has 0 saturated heterocycles. The number of carboxylic acid groups (broad SMARTS) is 1. The molecule has 1 aliphatic rings. The summed E-state index contributed by atoms with van der Waals surface area (Å²) < 4.78 is 2.29. The van der Waals surface area contributed by atoms with Gasteiger partial charge in [-0.25, -0.2) is 0 Å². The summed E-state index contributed by atoms with van der Waals surface area (Å²) in [5.74, 6) is -0.764. The van der Waals surface area contributed by atoms with Crippen LogP contribution >= 0.6 is 0 Å². The summed E-state index contributed by atoms with van der Waals surface area (Å²) in [6.07, 6.45) is 0.101. The third-order valence-corrected chi connectivity index (χ3v) is 3.85. The zero-order valence-electron chi connectivity index (χ0n) is 11.3. The molecule has 0 fully saturated rings. The van der Waals surface area contributed by atoms with E-state index in [-0.39, 0.29) is 6.42 Å². The van der Waals surface area contributed by atoms with E-state index >= 15 is 0 Å². The van der Waals surface area contributed by atoms with Crippen molar-refractivity contribution >= 4 is 16.9 Å². The van der Waals surface area contributed by atoms with Crippen molar-refractivity contribution in [2.24, 2.45) is 0 Å². The number of fused-ring (bicyclic) bond motifs is 3. The number of carboxylic acids is 1. The van der Waals surface area contributed by atoms with Crippen molar-refractivity contribution in [1.82, 2.24) is 9.88 Å². The fourth-order valence-electron chi connectivity index (χ4n) is 3.20. The summed E-state index contributed by atoms with van der Waals surface area (Å²) in [6.45, 7) is 6.78. The first kappa shape index (κ1) is 12.2. The Morgan fingerprint density at radius 1 is 1.42 bits per heavy atom. The summed E-state index contributed by atoms with van der Waals surface area (Å²) in [6, 6.07) is 4.29. The number of aryl methyl sites for hydroxylation is 2. The van der Waals surface area contributed by atoms with Crippen LogP contribution in [0.1, 0.15) is 22.4 Å². The van der Waals surface area contributed by atoms with Gasteiger partial charge in [0.25, 0.3) is 0 Å². The van der Waals surface area contributed by atoms with E-state index < -0.39 is 5.97 Å². The third-order valence-electron chi connectivity index (χ3n) is 3.85. The number of aromatic nitrogens is 1. The Kier molecular flexibility index (Phi) is 2.82. The number of benzene rings is 1. The SMILES string of the molecule is Cc1cc(C)c2c(c1)c(CC(=O)O)c1n2CCNC1. The van der Waals surface area contributed by atoms with E-state index in [0.29, 0.717) is 0 Å². The molecule has 0 spiro atoms. The predicted molar refractivity (Wildman–Crippen MR) is 74.5 cm³/mol. The van der Waals surface area contributed by atoms with Gasteiger partial charge < -0.3 is 15.0 Å². The van der Waals surface area contributed by atoms with Gasteiger partial charge in [0.15, 0.2) is 0 Å². The molecular formula is C15H18N2O2. The van der Waals surface area contributed by atoms with E-state index in [0.717, 1.165) is 36.3 Å². The highest BCUT2D eigenvalue weighted by atomic mass is 16.4. The Hall–Kier alpha value is -1.81. The Morgan fingerprint density at radius 3 is 2.95 bits per heavy atom. The number of nitrogens with one attached hydrogen (secondary N) is 1. The van der Waals surface area contributed by atoms with Crippen molar-refractivity contribution in [1.29, 1.82) is 0 Å². The average molecular weight is 258 g/mol. The smallest absolute Gasteiger partial charge is 0.307 e. The van der Waals surface area contributed by atoms with Crippen LogP contribution in [0.3, 0.4) is 0 Å². The Morgan fingerprint density at radius 2 is 2.21 bits per heavy atom. The Bertz CT molecular complexity index is 671. The van der Waals surface area contributed by atoms with Gasteiger partial charge in [0.2, 0.25) is 0 Å². The second-order valence-electron chi connectivity index (χ2n) is 5.30. The normalized spacial score (nSPS) is 14.6. The number of carbonyl (C=O) groups is 1. The monoisotopic (exact) mass is 258 g/mol. The van der Waals surface area contributed by atoms with E-state index in [1.54, 1.807) is 0 Å². The van der Waals surface area contributed by atoms with Crippen molar-refractivity contribution in [3.8, 4) is 0 Å². The quantitative estimate of drug-likeness (QED) is 0.866. The molecule has 0 bridgehead atoms. The highest BCUT2D eigenvalue weighted by Gasteiger charge is 2.22. The van der Waals surface area contributed by atoms with Crippen LogP contribution in [-0.4, -0.2) is 22.2 Å². The van der Waals surface area contributed by atoms with Crippen molar-refractivity contribution < 1.29 is 9.90 Å². The molecule has 100 valence electrons. The average Bonchev–Trinajstić information content (AvgIpc) is 2.64. The lowest BCUT2D eigenvalue weighted by Crippen LogP contribution is -2.28. The second-order valence-corrected chi connectivity index (χ2v) is 5.30. The molecule has 2 heterocycles. The van der Waals surface area contributed by atoms with Crippen molar-refractivity contribution in [3.05, 3.63) is 34.5 Å². The highest BCUT2D eigenvalue weighted by Crippen LogP contribution is 2.31. The number of rotatable bonds is 2. The second kappa shape index (κ2) is 4.38. The van der Waals surface area contributed by atoms with E-state index in [1.165, 1.54) is 16.6 Å². The van der Waals surface area contributed by atoms with Crippen LogP contribution < -0.4 is 5.32 Å². The van der Waals surface area contributed by atoms with Gasteiger partial charge >= 0.3 is 5.97 Å². The number of hydrogen-bond acceptors (Lipinski definition) is 2. The highest BCUT2D eigenvalue weighted by molar-refractivity contribution is 5.91. The largest absolute Gasteiger partial charge is 0.481 e. The number of nitrogens with zero attached hydrogens (tertiary/aromatic N) is 1. The van der Waals surface area contributed by atoms with Gasteiger partial charge in [0, 0.05) is 30.7 Å². The summed E-state index contributed by atoms with van der Waals surface area (Å²) in [5, 5.41) is 13.6. The summed E-state index contributed by atoms with van der Waals surface area (Å²) in [5.41, 5.74) is 5.74. The lowest BCUT2D eigenvalue weighted by Gasteiger charge is -2.19. The molecule has 2 aromatic rings. The standard InChI is InChI=1S/C15H18N2O2/c1-9-5-10(2)15-12(6-9)11(7-14(18)19)13-8-16-3-4-17(13)15/h5-6,16H,3-4,7-8H2,1-2H3,(H,18,19). The minimum atomic E-state index is -0.764. The summed E-state index contributed by atoms with van der Waals surface area (Å²) >= 11 is 0. The molecule has 0 aliphatic carbocycles. The molecule has 3 rings (SSSR count). The molecule has 19 heavy (non-hydrogen) atoms. The van der Waals surface area contributed by atoms with Crippen LogP contribution in [-0.2, 0) is 24.3 Å². The number of aliphatic carboxylic acids is 1. The van der Waals surface area contributed by atoms with Gasteiger partial charge in [-0.05, 0) is 31.0 Å². The lowest BCUT2D eigenvalue weighted by atomic mass is 10.0. The number of hydrogen-bond donors (Lipinski definition) is 2. The fourth-order valence-corrected chi connectivity index (χ4v) is 3.20. The van der Waals surface area contributed by atoms with Gasteiger partial charge in [0.1, 0.15) is 0 Å². The van der Waals surface area contributed by atoms with Gasteiger partial charge in [-0.3, -0.25) is 4.79 Å².